The molecule has 2 aliphatic rings. The third-order valence-corrected chi connectivity index (χ3v) is 5.17. The molecule has 132 valence electrons. The molecule has 3 N–H and O–H groups in total. The van der Waals surface area contributed by atoms with Crippen LogP contribution in [0.3, 0.4) is 0 Å². The fourth-order valence-electron chi connectivity index (χ4n) is 3.69. The van der Waals surface area contributed by atoms with Gasteiger partial charge in [0.2, 0.25) is 5.95 Å². The lowest BCUT2D eigenvalue weighted by atomic mass is 9.85. The second-order valence-electron chi connectivity index (χ2n) is 7.05. The van der Waals surface area contributed by atoms with Crippen LogP contribution in [0.1, 0.15) is 48.9 Å². The van der Waals surface area contributed by atoms with Crippen LogP contribution in [0.4, 0.5) is 5.95 Å². The van der Waals surface area contributed by atoms with Crippen LogP contribution in [-0.2, 0) is 13.0 Å². The molecule has 0 spiro atoms. The van der Waals surface area contributed by atoms with Gasteiger partial charge < -0.3 is 15.2 Å². The molecule has 1 saturated carbocycles. The van der Waals surface area contributed by atoms with E-state index >= 15 is 0 Å². The van der Waals surface area contributed by atoms with Crippen molar-refractivity contribution >= 4 is 5.95 Å². The van der Waals surface area contributed by atoms with Crippen molar-refractivity contribution in [3.63, 3.8) is 0 Å². The fraction of sp³-hybridized carbons (Fsp3) is 0.474. The van der Waals surface area contributed by atoms with Crippen LogP contribution in [0, 0.1) is 0 Å². The van der Waals surface area contributed by atoms with E-state index in [1.54, 1.807) is 0 Å². The fourth-order valence-corrected chi connectivity index (χ4v) is 3.69. The van der Waals surface area contributed by atoms with Crippen molar-refractivity contribution in [3.05, 3.63) is 51.4 Å². The van der Waals surface area contributed by atoms with E-state index in [1.165, 1.54) is 6.42 Å². The molecule has 0 atom stereocenters. The summed E-state index contributed by atoms with van der Waals surface area (Å²) in [4.78, 5) is 19.9. The Hall–Kier alpha value is -2.34. The van der Waals surface area contributed by atoms with Gasteiger partial charge in [-0.2, -0.15) is 0 Å². The van der Waals surface area contributed by atoms with Crippen molar-refractivity contribution in [1.29, 1.82) is 0 Å². The first-order valence-corrected chi connectivity index (χ1v) is 8.92. The van der Waals surface area contributed by atoms with E-state index in [0.717, 1.165) is 37.0 Å². The molecule has 2 aromatic rings. The van der Waals surface area contributed by atoms with Crippen LogP contribution in [0.5, 0.6) is 5.75 Å². The lowest BCUT2D eigenvalue weighted by Gasteiger charge is -2.32. The van der Waals surface area contributed by atoms with E-state index in [9.17, 15) is 9.90 Å². The number of aromatic nitrogens is 2. The Labute approximate surface area is 146 Å². The molecular formula is C19H23N3O3. The predicted octanol–water partition coefficient (Wildman–Crippen LogP) is 2.36. The van der Waals surface area contributed by atoms with Crippen LogP contribution in [0.15, 0.2) is 29.1 Å². The lowest BCUT2D eigenvalue weighted by molar-refractivity contribution is 0.0166. The molecular weight excluding hydrogens is 318 g/mol. The van der Waals surface area contributed by atoms with Gasteiger partial charge in [-0.1, -0.05) is 37.5 Å². The number of nitrogens with one attached hydrogen (secondary N) is 2. The molecule has 1 aromatic heterocycles. The van der Waals surface area contributed by atoms with Crippen LogP contribution in [0.25, 0.3) is 0 Å². The van der Waals surface area contributed by atoms with Crippen molar-refractivity contribution in [1.82, 2.24) is 9.97 Å². The summed E-state index contributed by atoms with van der Waals surface area (Å²) >= 11 is 0. The molecule has 6 nitrogen and oxygen atoms in total. The highest BCUT2D eigenvalue weighted by Gasteiger charge is 2.29. The highest BCUT2D eigenvalue weighted by molar-refractivity contribution is 5.41. The number of ether oxygens (including phenoxy) is 1. The summed E-state index contributed by atoms with van der Waals surface area (Å²) < 4.78 is 5.81. The zero-order chi connectivity index (χ0) is 17.3. The highest BCUT2D eigenvalue weighted by atomic mass is 16.5. The number of benzene rings is 1. The van der Waals surface area contributed by atoms with E-state index < -0.39 is 5.60 Å². The van der Waals surface area contributed by atoms with Gasteiger partial charge in [-0.25, -0.2) is 4.98 Å². The van der Waals surface area contributed by atoms with Crippen molar-refractivity contribution in [2.75, 3.05) is 11.9 Å². The maximum Gasteiger partial charge on any atom is 0.256 e. The first-order valence-electron chi connectivity index (χ1n) is 8.92. The summed E-state index contributed by atoms with van der Waals surface area (Å²) in [6.45, 7) is 0.672. The molecule has 1 fully saturated rings. The van der Waals surface area contributed by atoms with Crippen LogP contribution >= 0.6 is 0 Å². The van der Waals surface area contributed by atoms with Gasteiger partial charge in [-0.15, -0.1) is 0 Å². The van der Waals surface area contributed by atoms with Crippen LogP contribution in [-0.4, -0.2) is 27.2 Å². The number of hydrogen-bond donors (Lipinski definition) is 3. The molecule has 6 heteroatoms. The quantitative estimate of drug-likeness (QED) is 0.798. The molecule has 2 heterocycles. The topological polar surface area (TPSA) is 87.2 Å². The molecule has 0 radical (unpaired) electrons. The number of aromatic amines is 1. The molecule has 4 rings (SSSR count). The number of rotatable bonds is 3. The molecule has 1 aliphatic carbocycles. The Balaban J connectivity index is 1.55. The van der Waals surface area contributed by atoms with Crippen molar-refractivity contribution in [2.45, 2.75) is 50.7 Å². The molecule has 0 unspecified atom stereocenters. The van der Waals surface area contributed by atoms with E-state index in [0.29, 0.717) is 30.2 Å². The van der Waals surface area contributed by atoms with Gasteiger partial charge >= 0.3 is 0 Å². The monoisotopic (exact) mass is 341 g/mol. The Morgan fingerprint density at radius 3 is 2.88 bits per heavy atom. The Kier molecular flexibility index (Phi) is 4.21. The summed E-state index contributed by atoms with van der Waals surface area (Å²) in [5, 5.41) is 13.7. The molecule has 0 amide bonds. The molecule has 1 aliphatic heterocycles. The van der Waals surface area contributed by atoms with Gasteiger partial charge in [0.15, 0.2) is 0 Å². The summed E-state index contributed by atoms with van der Waals surface area (Å²) in [6, 6.07) is 7.74. The largest absolute Gasteiger partial charge is 0.487 e. The maximum absolute atomic E-state index is 12.5. The average molecular weight is 341 g/mol. The minimum absolute atomic E-state index is 0.150. The molecule has 1 aromatic carbocycles. The number of H-pyrrole nitrogens is 1. The highest BCUT2D eigenvalue weighted by Crippen LogP contribution is 2.28. The molecule has 0 saturated heterocycles. The molecule has 0 bridgehead atoms. The molecule has 25 heavy (non-hydrogen) atoms. The standard InChI is InChI=1S/C19H23N3O3/c23-17-14-10-13-6-2-3-7-16(13)25-11-15(14)21-18(22-17)20-12-19(24)8-4-1-5-9-19/h2-3,6-7,24H,1,4-5,8-12H2,(H2,20,21,22,23). The zero-order valence-electron chi connectivity index (χ0n) is 14.2. The normalized spacial score (nSPS) is 18.4. The number of anilines is 1. The van der Waals surface area contributed by atoms with Crippen molar-refractivity contribution < 1.29 is 9.84 Å². The first-order chi connectivity index (χ1) is 12.1. The Bertz CT molecular complexity index is 825. The number of para-hydroxylation sites is 1. The van der Waals surface area contributed by atoms with Crippen LogP contribution in [0.2, 0.25) is 0 Å². The van der Waals surface area contributed by atoms with Gasteiger partial charge in [0, 0.05) is 18.5 Å². The zero-order valence-corrected chi connectivity index (χ0v) is 14.2. The minimum Gasteiger partial charge on any atom is -0.487 e. The lowest BCUT2D eigenvalue weighted by Crippen LogP contribution is -2.39. The van der Waals surface area contributed by atoms with Crippen LogP contribution < -0.4 is 15.6 Å². The number of nitrogens with zero attached hydrogens (tertiary/aromatic N) is 1. The number of aliphatic hydroxyl groups is 1. The van der Waals surface area contributed by atoms with E-state index in [4.69, 9.17) is 4.74 Å². The SMILES string of the molecule is O=c1[nH]c(NCC2(O)CCCCC2)nc2c1Cc1ccccc1OC2. The summed E-state index contributed by atoms with van der Waals surface area (Å²) in [7, 11) is 0. The van der Waals surface area contributed by atoms with Gasteiger partial charge in [-0.05, 0) is 24.5 Å². The summed E-state index contributed by atoms with van der Waals surface area (Å²) in [5.41, 5.74) is 1.43. The average Bonchev–Trinajstić information content (AvgIpc) is 2.81. The third-order valence-electron chi connectivity index (χ3n) is 5.17. The van der Waals surface area contributed by atoms with Gasteiger partial charge in [0.25, 0.3) is 5.56 Å². The van der Waals surface area contributed by atoms with Gasteiger partial charge in [-0.3, -0.25) is 9.78 Å². The Morgan fingerprint density at radius 2 is 2.04 bits per heavy atom. The maximum atomic E-state index is 12.5. The van der Waals surface area contributed by atoms with E-state index in [2.05, 4.69) is 15.3 Å². The predicted molar refractivity (Wildman–Crippen MR) is 95.0 cm³/mol. The smallest absolute Gasteiger partial charge is 0.256 e. The van der Waals surface area contributed by atoms with Crippen molar-refractivity contribution in [3.8, 4) is 5.75 Å². The van der Waals surface area contributed by atoms with Crippen molar-refractivity contribution in [2.24, 2.45) is 0 Å². The number of hydrogen-bond acceptors (Lipinski definition) is 5. The van der Waals surface area contributed by atoms with E-state index in [1.807, 2.05) is 24.3 Å². The van der Waals surface area contributed by atoms with Gasteiger partial charge in [0.05, 0.1) is 11.3 Å². The third kappa shape index (κ3) is 3.39. The Morgan fingerprint density at radius 1 is 1.24 bits per heavy atom. The van der Waals surface area contributed by atoms with Gasteiger partial charge in [0.1, 0.15) is 12.4 Å². The second kappa shape index (κ2) is 6.52. The van der Waals surface area contributed by atoms with E-state index in [-0.39, 0.29) is 12.2 Å². The second-order valence-corrected chi connectivity index (χ2v) is 7.05. The number of fused-ring (bicyclic) bond motifs is 2. The first kappa shape index (κ1) is 16.1. The summed E-state index contributed by atoms with van der Waals surface area (Å²) in [5.74, 6) is 1.20. The minimum atomic E-state index is -0.712. The summed E-state index contributed by atoms with van der Waals surface area (Å²) in [6.07, 6.45) is 5.34.